The molecule has 0 radical (unpaired) electrons. The van der Waals surface area contributed by atoms with Gasteiger partial charge in [0.15, 0.2) is 0 Å². The quantitative estimate of drug-likeness (QED) is 0.594. The van der Waals surface area contributed by atoms with Crippen LogP contribution < -0.4 is 11.1 Å². The van der Waals surface area contributed by atoms with Crippen molar-refractivity contribution in [1.82, 2.24) is 5.32 Å². The van der Waals surface area contributed by atoms with Crippen molar-refractivity contribution < 1.29 is 9.18 Å². The summed E-state index contributed by atoms with van der Waals surface area (Å²) < 4.78 is 14.4. The molecule has 136 valence electrons. The van der Waals surface area contributed by atoms with Crippen molar-refractivity contribution in [2.75, 3.05) is 13.6 Å². The van der Waals surface area contributed by atoms with Gasteiger partial charge in [-0.1, -0.05) is 32.1 Å². The third-order valence-electron chi connectivity index (χ3n) is 5.37. The topological polar surface area (TPSA) is 67.5 Å². The van der Waals surface area contributed by atoms with Gasteiger partial charge in [-0.2, -0.15) is 0 Å². The van der Waals surface area contributed by atoms with Crippen molar-refractivity contribution in [3.05, 3.63) is 11.3 Å². The van der Waals surface area contributed by atoms with Gasteiger partial charge in [0.1, 0.15) is 11.4 Å². The third kappa shape index (κ3) is 5.32. The highest BCUT2D eigenvalue weighted by Gasteiger charge is 2.34. The summed E-state index contributed by atoms with van der Waals surface area (Å²) in [5.74, 6) is 0.503. The fraction of sp³-hybridized carbons (Fsp3) is 0.789. The highest BCUT2D eigenvalue weighted by Crippen LogP contribution is 2.34. The summed E-state index contributed by atoms with van der Waals surface area (Å²) >= 11 is 0. The first-order chi connectivity index (χ1) is 11.4. The van der Waals surface area contributed by atoms with Crippen LogP contribution in [0.1, 0.15) is 71.1 Å². The second-order valence-corrected chi connectivity index (χ2v) is 7.54. The van der Waals surface area contributed by atoms with E-state index in [0.29, 0.717) is 18.4 Å². The normalized spacial score (nSPS) is 29.5. The Morgan fingerprint density at radius 2 is 2.08 bits per heavy atom. The Hall–Kier alpha value is -1.39. The summed E-state index contributed by atoms with van der Waals surface area (Å²) in [4.78, 5) is 16.5. The minimum atomic E-state index is -1.31. The van der Waals surface area contributed by atoms with Gasteiger partial charge in [0.2, 0.25) is 0 Å². The van der Waals surface area contributed by atoms with Gasteiger partial charge in [-0.15, -0.1) is 0 Å². The molecule has 0 spiro atoms. The molecule has 2 aliphatic carbocycles. The summed E-state index contributed by atoms with van der Waals surface area (Å²) in [6.07, 6.45) is 10.3. The number of carbonyl (C=O) groups is 1. The minimum absolute atomic E-state index is 0.118. The number of carbonyl (C=O) groups excluding carboxylic acids is 1. The zero-order valence-electron chi connectivity index (χ0n) is 15.2. The fourth-order valence-corrected chi connectivity index (χ4v) is 3.86. The summed E-state index contributed by atoms with van der Waals surface area (Å²) in [5, 5.41) is 2.52. The Morgan fingerprint density at radius 1 is 1.38 bits per heavy atom. The molecule has 5 heteroatoms. The van der Waals surface area contributed by atoms with E-state index >= 15 is 0 Å². The van der Waals surface area contributed by atoms with E-state index in [1.165, 1.54) is 45.6 Å². The SMILES string of the molecule is CNC(=O)/C(N)=C1\CC(C)(F)CCC1=NCCCC1CCCCC1. The van der Waals surface area contributed by atoms with E-state index in [2.05, 4.69) is 10.3 Å². The van der Waals surface area contributed by atoms with Gasteiger partial charge in [0.05, 0.1) is 0 Å². The Kier molecular flexibility index (Phi) is 6.81. The first-order valence-corrected chi connectivity index (χ1v) is 9.36. The van der Waals surface area contributed by atoms with Gasteiger partial charge in [0.25, 0.3) is 5.91 Å². The standard InChI is InChI=1S/C19H32FN3O/c1-19(20)11-10-16(15(13-19)17(21)18(24)22-2)23-12-6-9-14-7-4-3-5-8-14/h14H,3-13,21H2,1-2H3,(H,22,24)/b17-15-,23-16?. The second kappa shape index (κ2) is 8.63. The number of halogens is 1. The monoisotopic (exact) mass is 337 g/mol. The highest BCUT2D eigenvalue weighted by molar-refractivity contribution is 6.08. The Balaban J connectivity index is 1.98. The van der Waals surface area contributed by atoms with Crippen molar-refractivity contribution in [1.29, 1.82) is 0 Å². The van der Waals surface area contributed by atoms with Crippen molar-refractivity contribution in [2.45, 2.75) is 76.8 Å². The van der Waals surface area contributed by atoms with E-state index in [4.69, 9.17) is 5.73 Å². The van der Waals surface area contributed by atoms with E-state index in [-0.39, 0.29) is 18.0 Å². The van der Waals surface area contributed by atoms with Crippen LogP contribution in [-0.4, -0.2) is 30.9 Å². The smallest absolute Gasteiger partial charge is 0.267 e. The molecule has 0 aromatic carbocycles. The number of likely N-dealkylation sites (N-methyl/N-ethyl adjacent to an activating group) is 1. The molecule has 0 heterocycles. The molecular formula is C19H32FN3O. The lowest BCUT2D eigenvalue weighted by Crippen LogP contribution is -2.34. The third-order valence-corrected chi connectivity index (χ3v) is 5.37. The molecule has 0 aliphatic heterocycles. The van der Waals surface area contributed by atoms with Crippen LogP contribution in [-0.2, 0) is 4.79 Å². The van der Waals surface area contributed by atoms with Gasteiger partial charge in [-0.25, -0.2) is 4.39 Å². The average molecular weight is 337 g/mol. The zero-order valence-corrected chi connectivity index (χ0v) is 15.2. The number of hydrogen-bond donors (Lipinski definition) is 2. The number of nitrogens with two attached hydrogens (primary N) is 1. The molecule has 2 fully saturated rings. The maximum Gasteiger partial charge on any atom is 0.267 e. The van der Waals surface area contributed by atoms with Crippen LogP contribution in [0.2, 0.25) is 0 Å². The summed E-state index contributed by atoms with van der Waals surface area (Å²) in [5.41, 5.74) is 6.19. The molecule has 2 rings (SSSR count). The Bertz CT molecular complexity index is 505. The van der Waals surface area contributed by atoms with Crippen molar-refractivity contribution in [3.63, 3.8) is 0 Å². The first-order valence-electron chi connectivity index (χ1n) is 9.36. The lowest BCUT2D eigenvalue weighted by atomic mass is 9.81. The second-order valence-electron chi connectivity index (χ2n) is 7.54. The van der Waals surface area contributed by atoms with E-state index in [1.54, 1.807) is 6.92 Å². The van der Waals surface area contributed by atoms with E-state index in [0.717, 1.165) is 24.6 Å². The van der Waals surface area contributed by atoms with Crippen molar-refractivity contribution in [2.24, 2.45) is 16.6 Å². The van der Waals surface area contributed by atoms with Crippen LogP contribution in [0.25, 0.3) is 0 Å². The summed E-state index contributed by atoms with van der Waals surface area (Å²) in [6.45, 7) is 2.32. The number of rotatable bonds is 5. The van der Waals surface area contributed by atoms with Crippen LogP contribution in [0.3, 0.4) is 0 Å². The molecule has 2 saturated carbocycles. The number of amides is 1. The molecule has 0 aromatic heterocycles. The molecule has 2 aliphatic rings. The number of aliphatic imine (C=N–C) groups is 1. The van der Waals surface area contributed by atoms with Gasteiger partial charge in [-0.3, -0.25) is 9.79 Å². The molecule has 4 nitrogen and oxygen atoms in total. The van der Waals surface area contributed by atoms with E-state index in [1.807, 2.05) is 0 Å². The van der Waals surface area contributed by atoms with Crippen LogP contribution in [0.15, 0.2) is 16.3 Å². The van der Waals surface area contributed by atoms with E-state index in [9.17, 15) is 9.18 Å². The van der Waals surface area contributed by atoms with Crippen LogP contribution >= 0.6 is 0 Å². The number of nitrogens with zero attached hydrogens (tertiary/aromatic N) is 1. The molecule has 1 amide bonds. The van der Waals surface area contributed by atoms with Crippen molar-refractivity contribution >= 4 is 11.6 Å². The average Bonchev–Trinajstić information content (AvgIpc) is 2.58. The number of nitrogens with one attached hydrogen (secondary N) is 1. The van der Waals surface area contributed by atoms with Crippen LogP contribution in [0.4, 0.5) is 4.39 Å². The van der Waals surface area contributed by atoms with Gasteiger partial charge >= 0.3 is 0 Å². The lowest BCUT2D eigenvalue weighted by molar-refractivity contribution is -0.117. The predicted octanol–water partition coefficient (Wildman–Crippen LogP) is 3.66. The van der Waals surface area contributed by atoms with Crippen LogP contribution in [0.5, 0.6) is 0 Å². The number of alkyl halides is 1. The van der Waals surface area contributed by atoms with Crippen molar-refractivity contribution in [3.8, 4) is 0 Å². The largest absolute Gasteiger partial charge is 0.394 e. The van der Waals surface area contributed by atoms with Crippen LogP contribution in [0, 0.1) is 5.92 Å². The molecule has 0 bridgehead atoms. The molecule has 1 atom stereocenters. The summed E-state index contributed by atoms with van der Waals surface area (Å²) in [7, 11) is 1.54. The molecule has 24 heavy (non-hydrogen) atoms. The first kappa shape index (κ1) is 18.9. The van der Waals surface area contributed by atoms with Gasteiger partial charge in [-0.05, 0) is 38.5 Å². The number of allylic oxidation sites excluding steroid dienone is 1. The van der Waals surface area contributed by atoms with Gasteiger partial charge in [0, 0.05) is 31.3 Å². The summed E-state index contributed by atoms with van der Waals surface area (Å²) in [6, 6.07) is 0. The molecule has 1 unspecified atom stereocenters. The lowest BCUT2D eigenvalue weighted by Gasteiger charge is -2.29. The molecule has 0 saturated heterocycles. The fourth-order valence-electron chi connectivity index (χ4n) is 3.86. The molecule has 3 N–H and O–H groups in total. The number of hydrogen-bond acceptors (Lipinski definition) is 3. The maximum atomic E-state index is 14.4. The van der Waals surface area contributed by atoms with E-state index < -0.39 is 5.67 Å². The van der Waals surface area contributed by atoms with Gasteiger partial charge < -0.3 is 11.1 Å². The molecule has 0 aromatic rings. The molecular weight excluding hydrogens is 305 g/mol. The Morgan fingerprint density at radius 3 is 2.75 bits per heavy atom. The predicted molar refractivity (Wildman–Crippen MR) is 96.8 cm³/mol. The maximum absolute atomic E-state index is 14.4. The Labute approximate surface area is 145 Å². The minimum Gasteiger partial charge on any atom is -0.394 e. The highest BCUT2D eigenvalue weighted by atomic mass is 19.1. The zero-order chi connectivity index (χ0) is 17.6.